The van der Waals surface area contributed by atoms with Gasteiger partial charge in [-0.2, -0.15) is 0 Å². The number of nitrogens with one attached hydrogen (secondary N) is 1. The molecule has 1 aromatic rings. The van der Waals surface area contributed by atoms with Gasteiger partial charge < -0.3 is 15.3 Å². The predicted molar refractivity (Wildman–Crippen MR) is 76.2 cm³/mol. The van der Waals surface area contributed by atoms with E-state index in [0.29, 0.717) is 5.95 Å². The SMILES string of the molecule is CCc1cnc(NCCCN2CCC[C@@H](O)C2)nc1. The summed E-state index contributed by atoms with van der Waals surface area (Å²) in [5.74, 6) is 0.705. The van der Waals surface area contributed by atoms with Crippen LogP contribution in [0.15, 0.2) is 12.4 Å². The molecule has 0 bridgehead atoms. The summed E-state index contributed by atoms with van der Waals surface area (Å²) in [6.45, 7) is 5.93. The molecule has 106 valence electrons. The van der Waals surface area contributed by atoms with Crippen LogP contribution in [0, 0.1) is 0 Å². The van der Waals surface area contributed by atoms with Crippen LogP contribution in [-0.4, -0.2) is 52.3 Å². The minimum atomic E-state index is -0.133. The number of hydrogen-bond donors (Lipinski definition) is 2. The van der Waals surface area contributed by atoms with Crippen LogP contribution in [0.2, 0.25) is 0 Å². The molecule has 1 aliphatic heterocycles. The number of anilines is 1. The van der Waals surface area contributed by atoms with Crippen LogP contribution >= 0.6 is 0 Å². The Morgan fingerprint density at radius 3 is 2.89 bits per heavy atom. The maximum atomic E-state index is 9.59. The Morgan fingerprint density at radius 1 is 1.42 bits per heavy atom. The lowest BCUT2D eigenvalue weighted by Gasteiger charge is -2.29. The first-order valence-corrected chi connectivity index (χ1v) is 7.23. The number of piperidine rings is 1. The molecule has 5 heteroatoms. The molecular weight excluding hydrogens is 240 g/mol. The zero-order valence-electron chi connectivity index (χ0n) is 11.7. The highest BCUT2D eigenvalue weighted by molar-refractivity contribution is 5.24. The van der Waals surface area contributed by atoms with Crippen molar-refractivity contribution in [2.75, 3.05) is 31.5 Å². The van der Waals surface area contributed by atoms with Crippen LogP contribution < -0.4 is 5.32 Å². The minimum absolute atomic E-state index is 0.133. The molecule has 2 heterocycles. The van der Waals surface area contributed by atoms with Crippen molar-refractivity contribution < 1.29 is 5.11 Å². The van der Waals surface area contributed by atoms with Crippen molar-refractivity contribution >= 4 is 5.95 Å². The second kappa shape index (κ2) is 7.40. The second-order valence-electron chi connectivity index (χ2n) is 5.15. The maximum Gasteiger partial charge on any atom is 0.222 e. The molecule has 2 N–H and O–H groups in total. The summed E-state index contributed by atoms with van der Waals surface area (Å²) in [5.41, 5.74) is 1.16. The number of aliphatic hydroxyl groups excluding tert-OH is 1. The summed E-state index contributed by atoms with van der Waals surface area (Å²) in [7, 11) is 0. The summed E-state index contributed by atoms with van der Waals surface area (Å²) in [4.78, 5) is 10.9. The molecule has 1 saturated heterocycles. The van der Waals surface area contributed by atoms with Crippen LogP contribution in [0.25, 0.3) is 0 Å². The van der Waals surface area contributed by atoms with Crippen LogP contribution in [0.5, 0.6) is 0 Å². The van der Waals surface area contributed by atoms with Gasteiger partial charge in [0.1, 0.15) is 0 Å². The number of aromatic nitrogens is 2. The van der Waals surface area contributed by atoms with Crippen molar-refractivity contribution in [2.45, 2.75) is 38.7 Å². The van der Waals surface area contributed by atoms with Crippen molar-refractivity contribution in [3.63, 3.8) is 0 Å². The fraction of sp³-hybridized carbons (Fsp3) is 0.714. The quantitative estimate of drug-likeness (QED) is 0.758. The predicted octanol–water partition coefficient (Wildman–Crippen LogP) is 1.30. The first-order chi connectivity index (χ1) is 9.28. The highest BCUT2D eigenvalue weighted by atomic mass is 16.3. The van der Waals surface area contributed by atoms with Crippen LogP contribution in [0.1, 0.15) is 31.7 Å². The van der Waals surface area contributed by atoms with Gasteiger partial charge in [-0.25, -0.2) is 9.97 Å². The van der Waals surface area contributed by atoms with E-state index < -0.39 is 0 Å². The van der Waals surface area contributed by atoms with Crippen LogP contribution in [0.4, 0.5) is 5.95 Å². The van der Waals surface area contributed by atoms with Gasteiger partial charge in [0.05, 0.1) is 6.10 Å². The van der Waals surface area contributed by atoms with E-state index >= 15 is 0 Å². The van der Waals surface area contributed by atoms with Crippen molar-refractivity contribution in [2.24, 2.45) is 0 Å². The lowest BCUT2D eigenvalue weighted by molar-refractivity contribution is 0.0706. The molecule has 0 unspecified atom stereocenters. The average molecular weight is 264 g/mol. The first kappa shape index (κ1) is 14.2. The molecule has 0 spiro atoms. The van der Waals surface area contributed by atoms with E-state index in [2.05, 4.69) is 27.1 Å². The van der Waals surface area contributed by atoms with Gasteiger partial charge in [0.2, 0.25) is 5.95 Å². The molecular formula is C14H24N4O. The van der Waals surface area contributed by atoms with Crippen molar-refractivity contribution in [3.8, 4) is 0 Å². The summed E-state index contributed by atoms with van der Waals surface area (Å²) < 4.78 is 0. The number of likely N-dealkylation sites (tertiary alicyclic amines) is 1. The molecule has 2 rings (SSSR count). The largest absolute Gasteiger partial charge is 0.392 e. The normalized spacial score (nSPS) is 20.4. The third kappa shape index (κ3) is 4.76. The van der Waals surface area contributed by atoms with Gasteiger partial charge in [0.25, 0.3) is 0 Å². The van der Waals surface area contributed by atoms with Crippen molar-refractivity contribution in [3.05, 3.63) is 18.0 Å². The first-order valence-electron chi connectivity index (χ1n) is 7.23. The number of nitrogens with zero attached hydrogens (tertiary/aromatic N) is 3. The van der Waals surface area contributed by atoms with E-state index in [4.69, 9.17) is 0 Å². The van der Waals surface area contributed by atoms with Gasteiger partial charge in [-0.1, -0.05) is 6.92 Å². The number of aliphatic hydroxyl groups is 1. The lowest BCUT2D eigenvalue weighted by atomic mass is 10.1. The van der Waals surface area contributed by atoms with Gasteiger partial charge in [0, 0.05) is 25.5 Å². The molecule has 0 radical (unpaired) electrons. The van der Waals surface area contributed by atoms with E-state index in [-0.39, 0.29) is 6.10 Å². The number of rotatable bonds is 6. The molecule has 0 amide bonds. The molecule has 1 aromatic heterocycles. The van der Waals surface area contributed by atoms with Gasteiger partial charge in [0.15, 0.2) is 0 Å². The summed E-state index contributed by atoms with van der Waals surface area (Å²) in [6, 6.07) is 0. The maximum absolute atomic E-state index is 9.59. The van der Waals surface area contributed by atoms with Crippen LogP contribution in [-0.2, 0) is 6.42 Å². The Hall–Kier alpha value is -1.20. The van der Waals surface area contributed by atoms with E-state index in [1.54, 1.807) is 0 Å². The van der Waals surface area contributed by atoms with Gasteiger partial charge in [-0.05, 0) is 44.3 Å². The third-order valence-electron chi connectivity index (χ3n) is 3.53. The lowest BCUT2D eigenvalue weighted by Crippen LogP contribution is -2.39. The fourth-order valence-electron chi connectivity index (χ4n) is 2.37. The van der Waals surface area contributed by atoms with E-state index in [0.717, 1.165) is 57.4 Å². The highest BCUT2D eigenvalue weighted by Gasteiger charge is 2.16. The smallest absolute Gasteiger partial charge is 0.222 e. The van der Waals surface area contributed by atoms with Gasteiger partial charge in [-0.3, -0.25) is 0 Å². The molecule has 0 saturated carbocycles. The fourth-order valence-corrected chi connectivity index (χ4v) is 2.37. The monoisotopic (exact) mass is 264 g/mol. The molecule has 5 nitrogen and oxygen atoms in total. The topological polar surface area (TPSA) is 61.3 Å². The number of β-amino-alcohol motifs (C(OH)–C–C–N with tert-alkyl or cyclic N) is 1. The van der Waals surface area contributed by atoms with Gasteiger partial charge >= 0.3 is 0 Å². The Morgan fingerprint density at radius 2 is 2.21 bits per heavy atom. The molecule has 19 heavy (non-hydrogen) atoms. The number of hydrogen-bond acceptors (Lipinski definition) is 5. The van der Waals surface area contributed by atoms with E-state index in [9.17, 15) is 5.11 Å². The molecule has 0 aliphatic carbocycles. The van der Waals surface area contributed by atoms with Crippen molar-refractivity contribution in [1.82, 2.24) is 14.9 Å². The summed E-state index contributed by atoms with van der Waals surface area (Å²) in [6.07, 6.45) is 7.69. The summed E-state index contributed by atoms with van der Waals surface area (Å²) in [5, 5.41) is 12.8. The zero-order chi connectivity index (χ0) is 13.5. The average Bonchev–Trinajstić information content (AvgIpc) is 2.44. The van der Waals surface area contributed by atoms with Gasteiger partial charge in [-0.15, -0.1) is 0 Å². The summed E-state index contributed by atoms with van der Waals surface area (Å²) >= 11 is 0. The highest BCUT2D eigenvalue weighted by Crippen LogP contribution is 2.09. The van der Waals surface area contributed by atoms with E-state index in [1.807, 2.05) is 12.4 Å². The Bertz CT molecular complexity index is 368. The molecule has 0 aromatic carbocycles. The van der Waals surface area contributed by atoms with Crippen LogP contribution in [0.3, 0.4) is 0 Å². The molecule has 1 aliphatic rings. The third-order valence-corrected chi connectivity index (χ3v) is 3.53. The zero-order valence-corrected chi connectivity index (χ0v) is 11.7. The molecule has 1 atom stereocenters. The minimum Gasteiger partial charge on any atom is -0.392 e. The standard InChI is InChI=1S/C14H24N4O/c1-2-12-9-16-14(17-10-12)15-6-4-8-18-7-3-5-13(19)11-18/h9-10,13,19H,2-8,11H2,1H3,(H,15,16,17)/t13-/m1/s1. The Kier molecular flexibility index (Phi) is 5.54. The van der Waals surface area contributed by atoms with Crippen molar-refractivity contribution in [1.29, 1.82) is 0 Å². The van der Waals surface area contributed by atoms with E-state index in [1.165, 1.54) is 0 Å². The number of aryl methyl sites for hydroxylation is 1. The Balaban J connectivity index is 1.63. The molecule has 1 fully saturated rings. The Labute approximate surface area is 115 Å². The second-order valence-corrected chi connectivity index (χ2v) is 5.15.